The number of aliphatic hydroxyl groups is 1. The molecule has 0 saturated carbocycles. The van der Waals surface area contributed by atoms with E-state index in [9.17, 15) is 19.5 Å². The van der Waals surface area contributed by atoms with E-state index < -0.39 is 29.7 Å². The fourth-order valence-corrected chi connectivity index (χ4v) is 1.88. The molecule has 1 unspecified atom stereocenters. The standard InChI is InChI=1S/C16H28O6/c1-4-6-8-10-21-15(19)13(12(3)17)14(18)16(20)22-11-9-7-5-2/h13-14,18H,4-11H2,1-3H3/t13?,14-/m1/s1. The first-order chi connectivity index (χ1) is 10.5. The molecule has 0 aromatic carbocycles. The van der Waals surface area contributed by atoms with E-state index in [1.165, 1.54) is 0 Å². The van der Waals surface area contributed by atoms with Gasteiger partial charge in [0.1, 0.15) is 5.78 Å². The van der Waals surface area contributed by atoms with Crippen molar-refractivity contribution in [2.45, 2.75) is 65.4 Å². The Hall–Kier alpha value is -1.43. The number of ether oxygens (including phenoxy) is 2. The average molecular weight is 316 g/mol. The van der Waals surface area contributed by atoms with Crippen LogP contribution in [0.3, 0.4) is 0 Å². The van der Waals surface area contributed by atoms with Crippen LogP contribution in [0.15, 0.2) is 0 Å². The first-order valence-electron chi connectivity index (χ1n) is 7.97. The predicted molar refractivity (Wildman–Crippen MR) is 81.1 cm³/mol. The fourth-order valence-electron chi connectivity index (χ4n) is 1.88. The van der Waals surface area contributed by atoms with Crippen molar-refractivity contribution in [1.29, 1.82) is 0 Å². The third kappa shape index (κ3) is 8.12. The summed E-state index contributed by atoms with van der Waals surface area (Å²) in [6.07, 6.45) is 3.31. The zero-order chi connectivity index (χ0) is 17.0. The second kappa shape index (κ2) is 12.1. The topological polar surface area (TPSA) is 89.9 Å². The van der Waals surface area contributed by atoms with Crippen LogP contribution < -0.4 is 0 Å². The van der Waals surface area contributed by atoms with Crippen molar-refractivity contribution in [3.8, 4) is 0 Å². The third-order valence-corrected chi connectivity index (χ3v) is 3.23. The average Bonchev–Trinajstić information content (AvgIpc) is 2.47. The molecule has 0 bridgehead atoms. The van der Waals surface area contributed by atoms with E-state index in [2.05, 4.69) is 0 Å². The van der Waals surface area contributed by atoms with E-state index in [-0.39, 0.29) is 13.2 Å². The minimum absolute atomic E-state index is 0.167. The molecule has 0 aliphatic carbocycles. The lowest BCUT2D eigenvalue weighted by molar-refractivity contribution is -0.169. The lowest BCUT2D eigenvalue weighted by Gasteiger charge is -2.18. The number of Topliss-reactive ketones (excluding diaryl/α,β-unsaturated/α-hetero) is 1. The van der Waals surface area contributed by atoms with Crippen LogP contribution in [0.1, 0.15) is 59.3 Å². The molecule has 0 saturated heterocycles. The molecule has 0 radical (unpaired) electrons. The molecule has 1 N–H and O–H groups in total. The van der Waals surface area contributed by atoms with Gasteiger partial charge in [-0.15, -0.1) is 0 Å². The normalized spacial score (nSPS) is 13.3. The summed E-state index contributed by atoms with van der Waals surface area (Å²) in [6.45, 7) is 5.51. The highest BCUT2D eigenvalue weighted by Gasteiger charge is 2.38. The Labute approximate surface area is 132 Å². The number of hydrogen-bond acceptors (Lipinski definition) is 6. The Morgan fingerprint density at radius 1 is 0.864 bits per heavy atom. The minimum Gasteiger partial charge on any atom is -0.465 e. The van der Waals surface area contributed by atoms with Crippen LogP contribution in [-0.4, -0.2) is 42.1 Å². The van der Waals surface area contributed by atoms with Crippen molar-refractivity contribution in [3.05, 3.63) is 0 Å². The maximum absolute atomic E-state index is 11.9. The maximum atomic E-state index is 11.9. The first-order valence-corrected chi connectivity index (χ1v) is 7.97. The summed E-state index contributed by atoms with van der Waals surface area (Å²) in [5.41, 5.74) is 0. The molecule has 0 aliphatic rings. The van der Waals surface area contributed by atoms with E-state index >= 15 is 0 Å². The Morgan fingerprint density at radius 3 is 1.73 bits per heavy atom. The largest absolute Gasteiger partial charge is 0.465 e. The van der Waals surface area contributed by atoms with Crippen LogP contribution in [0.25, 0.3) is 0 Å². The van der Waals surface area contributed by atoms with Crippen LogP contribution in [-0.2, 0) is 23.9 Å². The van der Waals surface area contributed by atoms with E-state index in [4.69, 9.17) is 9.47 Å². The summed E-state index contributed by atoms with van der Waals surface area (Å²) in [6, 6.07) is 0. The minimum atomic E-state index is -1.81. The van der Waals surface area contributed by atoms with Gasteiger partial charge in [-0.2, -0.15) is 0 Å². The van der Waals surface area contributed by atoms with Crippen LogP contribution in [0.4, 0.5) is 0 Å². The van der Waals surface area contributed by atoms with Gasteiger partial charge in [-0.1, -0.05) is 39.5 Å². The van der Waals surface area contributed by atoms with Crippen molar-refractivity contribution in [2.24, 2.45) is 5.92 Å². The number of rotatable bonds is 12. The summed E-state index contributed by atoms with van der Waals surface area (Å²) in [7, 11) is 0. The Balaban J connectivity index is 4.42. The van der Waals surface area contributed by atoms with E-state index in [0.717, 1.165) is 32.6 Å². The second-order valence-corrected chi connectivity index (χ2v) is 5.28. The summed E-state index contributed by atoms with van der Waals surface area (Å²) in [5, 5.41) is 9.88. The highest BCUT2D eigenvalue weighted by Crippen LogP contribution is 2.11. The van der Waals surface area contributed by atoms with E-state index in [1.54, 1.807) is 0 Å². The van der Waals surface area contributed by atoms with Crippen molar-refractivity contribution in [1.82, 2.24) is 0 Å². The third-order valence-electron chi connectivity index (χ3n) is 3.23. The molecule has 0 aromatic rings. The van der Waals surface area contributed by atoms with Gasteiger partial charge < -0.3 is 14.6 Å². The lowest BCUT2D eigenvalue weighted by Crippen LogP contribution is -2.41. The molecule has 0 heterocycles. The monoisotopic (exact) mass is 316 g/mol. The fraction of sp³-hybridized carbons (Fsp3) is 0.812. The number of esters is 2. The molecule has 0 fully saturated rings. The summed E-state index contributed by atoms with van der Waals surface area (Å²) < 4.78 is 9.84. The molecule has 22 heavy (non-hydrogen) atoms. The zero-order valence-electron chi connectivity index (χ0n) is 13.8. The van der Waals surface area contributed by atoms with Gasteiger partial charge in [-0.05, 0) is 19.8 Å². The van der Waals surface area contributed by atoms with Crippen molar-refractivity contribution >= 4 is 17.7 Å². The second-order valence-electron chi connectivity index (χ2n) is 5.28. The van der Waals surface area contributed by atoms with Crippen LogP contribution in [0.2, 0.25) is 0 Å². The van der Waals surface area contributed by atoms with Gasteiger partial charge in [0.25, 0.3) is 0 Å². The van der Waals surface area contributed by atoms with E-state index in [0.29, 0.717) is 12.8 Å². The van der Waals surface area contributed by atoms with Gasteiger partial charge in [0.05, 0.1) is 13.2 Å². The van der Waals surface area contributed by atoms with Gasteiger partial charge in [-0.25, -0.2) is 4.79 Å². The molecule has 6 nitrogen and oxygen atoms in total. The SMILES string of the molecule is CCCCCOC(=O)C(C(C)=O)[C@@H](O)C(=O)OCCCCC. The number of ketones is 1. The van der Waals surface area contributed by atoms with Gasteiger partial charge in [-0.3, -0.25) is 9.59 Å². The summed E-state index contributed by atoms with van der Waals surface area (Å²) >= 11 is 0. The molecular formula is C16H28O6. The van der Waals surface area contributed by atoms with Crippen LogP contribution in [0, 0.1) is 5.92 Å². The molecule has 0 aromatic heterocycles. The summed E-state index contributed by atoms with van der Waals surface area (Å²) in [4.78, 5) is 35.1. The molecule has 6 heteroatoms. The van der Waals surface area contributed by atoms with Gasteiger partial charge in [0, 0.05) is 0 Å². The van der Waals surface area contributed by atoms with Crippen LogP contribution in [0.5, 0.6) is 0 Å². The molecule has 0 aliphatic heterocycles. The van der Waals surface area contributed by atoms with Crippen molar-refractivity contribution < 1.29 is 29.0 Å². The lowest BCUT2D eigenvalue weighted by atomic mass is 9.98. The molecule has 0 rings (SSSR count). The maximum Gasteiger partial charge on any atom is 0.336 e. The molecule has 0 amide bonds. The molecule has 2 atom stereocenters. The highest BCUT2D eigenvalue weighted by molar-refractivity contribution is 6.02. The summed E-state index contributed by atoms with van der Waals surface area (Å²) in [5.74, 6) is -3.96. The van der Waals surface area contributed by atoms with Crippen molar-refractivity contribution in [3.63, 3.8) is 0 Å². The first kappa shape index (κ1) is 20.6. The quantitative estimate of drug-likeness (QED) is 0.336. The zero-order valence-corrected chi connectivity index (χ0v) is 13.8. The molecule has 128 valence electrons. The predicted octanol–water partition coefficient (Wildman–Crippen LogP) is 2.02. The number of carbonyl (C=O) groups excluding carboxylic acids is 3. The number of hydrogen-bond donors (Lipinski definition) is 1. The van der Waals surface area contributed by atoms with Crippen molar-refractivity contribution in [2.75, 3.05) is 13.2 Å². The molecule has 0 spiro atoms. The molecular weight excluding hydrogens is 288 g/mol. The smallest absolute Gasteiger partial charge is 0.336 e. The van der Waals surface area contributed by atoms with Gasteiger partial charge in [0.2, 0.25) is 0 Å². The van der Waals surface area contributed by atoms with Gasteiger partial charge >= 0.3 is 11.9 Å². The Morgan fingerprint density at radius 2 is 1.32 bits per heavy atom. The van der Waals surface area contributed by atoms with Crippen LogP contribution >= 0.6 is 0 Å². The number of aliphatic hydroxyl groups excluding tert-OH is 1. The van der Waals surface area contributed by atoms with E-state index in [1.807, 2.05) is 13.8 Å². The Bertz CT molecular complexity index is 353. The van der Waals surface area contributed by atoms with Gasteiger partial charge in [0.15, 0.2) is 12.0 Å². The highest BCUT2D eigenvalue weighted by atomic mass is 16.6. The Kier molecular flexibility index (Phi) is 11.4. The number of carbonyl (C=O) groups is 3. The number of unbranched alkanes of at least 4 members (excludes halogenated alkanes) is 4.